The predicted octanol–water partition coefficient (Wildman–Crippen LogP) is 9.39. The molecule has 224 valence electrons. The summed E-state index contributed by atoms with van der Waals surface area (Å²) >= 11 is 0. The van der Waals surface area contributed by atoms with Gasteiger partial charge < -0.3 is 22.7 Å². The van der Waals surface area contributed by atoms with E-state index in [0.717, 1.165) is 45.2 Å². The maximum atomic E-state index is 13.5. The van der Waals surface area contributed by atoms with Crippen LogP contribution in [-0.2, 0) is 20.3 Å². The van der Waals surface area contributed by atoms with E-state index in [-0.39, 0.29) is 22.3 Å². The van der Waals surface area contributed by atoms with Crippen LogP contribution in [0.15, 0.2) is 28.9 Å². The van der Waals surface area contributed by atoms with Gasteiger partial charge in [0.25, 0.3) is 8.32 Å². The quantitative estimate of drug-likeness (QED) is 0.139. The summed E-state index contributed by atoms with van der Waals surface area (Å²) in [7, 11) is -1.25. The Morgan fingerprint density at radius 1 is 0.927 bits per heavy atom. The summed E-state index contributed by atoms with van der Waals surface area (Å²) in [6.07, 6.45) is 4.02. The van der Waals surface area contributed by atoms with Crippen LogP contribution in [-0.4, -0.2) is 42.9 Å². The molecule has 0 N–H and O–H groups in total. The minimum atomic E-state index is -2.29. The van der Waals surface area contributed by atoms with Crippen molar-refractivity contribution in [1.82, 2.24) is 0 Å². The molecule has 1 aromatic heterocycles. The van der Waals surface area contributed by atoms with Crippen LogP contribution < -0.4 is 4.43 Å². The molecule has 1 heterocycles. The molecule has 0 aliphatic heterocycles. The minimum Gasteiger partial charge on any atom is -0.543 e. The first-order valence-electron chi connectivity index (χ1n) is 14.5. The fraction of sp³-hybridized carbons (Fsp3) is 0.545. The number of Topliss-reactive ketones (excluding diaryl/α,β-unsaturated/α-hetero) is 1. The first-order valence-corrected chi connectivity index (χ1v) is 20.3. The average Bonchev–Trinajstić information content (AvgIpc) is 3.48. The SMILES string of the molecule is COC(CC(=O)c1coc2c(O[Si](C)(C)C(C)(C)C)c3c4c(ccc3c(C)c12)C(O[Si](C)(C)C(C)(C)C)=CC4)OC. The van der Waals surface area contributed by atoms with Crippen molar-refractivity contribution in [2.45, 2.75) is 104 Å². The van der Waals surface area contributed by atoms with E-state index in [1.54, 1.807) is 6.26 Å². The summed E-state index contributed by atoms with van der Waals surface area (Å²) in [4.78, 5) is 13.5. The summed E-state index contributed by atoms with van der Waals surface area (Å²) in [6.45, 7) is 24.6. The Bertz CT molecular complexity index is 1510. The van der Waals surface area contributed by atoms with E-state index in [0.29, 0.717) is 11.1 Å². The van der Waals surface area contributed by atoms with Crippen molar-refractivity contribution >= 4 is 49.9 Å². The van der Waals surface area contributed by atoms with Gasteiger partial charge in [-0.25, -0.2) is 0 Å². The van der Waals surface area contributed by atoms with Gasteiger partial charge in [0.2, 0.25) is 8.32 Å². The lowest BCUT2D eigenvalue weighted by Crippen LogP contribution is -2.44. The van der Waals surface area contributed by atoms with Gasteiger partial charge in [-0.3, -0.25) is 4.79 Å². The summed E-state index contributed by atoms with van der Waals surface area (Å²) < 4.78 is 30.8. The van der Waals surface area contributed by atoms with Gasteiger partial charge in [0, 0.05) is 30.6 Å². The zero-order valence-electron chi connectivity index (χ0n) is 27.3. The van der Waals surface area contributed by atoms with Crippen molar-refractivity contribution in [3.63, 3.8) is 0 Å². The molecule has 3 aromatic rings. The fourth-order valence-electron chi connectivity index (χ4n) is 4.87. The molecular weight excluding hydrogens is 549 g/mol. The van der Waals surface area contributed by atoms with Gasteiger partial charge in [-0.15, -0.1) is 0 Å². The Labute approximate surface area is 247 Å². The van der Waals surface area contributed by atoms with E-state index in [1.165, 1.54) is 19.8 Å². The number of ether oxygens (including phenoxy) is 2. The summed E-state index contributed by atoms with van der Waals surface area (Å²) in [5, 5.41) is 2.98. The monoisotopic (exact) mass is 596 g/mol. The standard InChI is InChI=1S/C33H48O6Si2/c1-20-21-14-15-22-23(16-17-26(22)38-40(10,11)32(2,3)4)29(21)31(39-41(12,13)33(5,6)7)30-28(20)24(19-37-30)25(34)18-27(35-8)36-9/h14-15,17,19,27H,16,18H2,1-13H3. The number of aryl methyl sites for hydroxylation is 1. The molecule has 0 atom stereocenters. The highest BCUT2D eigenvalue weighted by Crippen LogP contribution is 2.49. The van der Waals surface area contributed by atoms with Crippen molar-refractivity contribution in [2.75, 3.05) is 14.2 Å². The molecule has 1 aliphatic rings. The second-order valence-corrected chi connectivity index (χ2v) is 23.8. The number of hydrogen-bond acceptors (Lipinski definition) is 6. The summed E-state index contributed by atoms with van der Waals surface area (Å²) in [5.74, 6) is 1.61. The van der Waals surface area contributed by atoms with Gasteiger partial charge in [-0.2, -0.15) is 0 Å². The Kier molecular flexibility index (Phi) is 8.23. The normalized spacial score (nSPS) is 14.6. The minimum absolute atomic E-state index is 0.0290. The third-order valence-electron chi connectivity index (χ3n) is 9.59. The molecule has 2 aromatic carbocycles. The molecule has 1 aliphatic carbocycles. The number of carbonyl (C=O) groups excluding carboxylic acids is 1. The molecule has 41 heavy (non-hydrogen) atoms. The number of rotatable bonds is 9. The molecule has 0 saturated carbocycles. The predicted molar refractivity (Wildman–Crippen MR) is 173 cm³/mol. The number of methoxy groups -OCH3 is 2. The van der Waals surface area contributed by atoms with E-state index >= 15 is 0 Å². The lowest BCUT2D eigenvalue weighted by Gasteiger charge is -2.37. The molecule has 0 fully saturated rings. The fourth-order valence-corrected chi connectivity index (χ4v) is 6.93. The second kappa shape index (κ2) is 10.7. The van der Waals surface area contributed by atoms with Crippen molar-refractivity contribution < 1.29 is 27.5 Å². The van der Waals surface area contributed by atoms with Gasteiger partial charge in [0.1, 0.15) is 12.0 Å². The van der Waals surface area contributed by atoms with Gasteiger partial charge in [-0.05, 0) is 72.2 Å². The Hall–Kier alpha value is -2.40. The topological polar surface area (TPSA) is 67.1 Å². The van der Waals surface area contributed by atoms with Gasteiger partial charge in [0.05, 0.1) is 12.0 Å². The lowest BCUT2D eigenvalue weighted by atomic mass is 9.92. The summed E-state index contributed by atoms with van der Waals surface area (Å²) in [6, 6.07) is 4.33. The molecule has 0 amide bonds. The number of allylic oxidation sites excluding steroid dienone is 1. The number of carbonyl (C=O) groups is 1. The average molecular weight is 597 g/mol. The van der Waals surface area contributed by atoms with Gasteiger partial charge in [-0.1, -0.05) is 53.7 Å². The van der Waals surface area contributed by atoms with Crippen LogP contribution in [0.1, 0.15) is 75.0 Å². The first-order chi connectivity index (χ1) is 18.8. The van der Waals surface area contributed by atoms with Crippen LogP contribution in [0.4, 0.5) is 0 Å². The molecule has 8 heteroatoms. The van der Waals surface area contributed by atoms with E-state index < -0.39 is 22.9 Å². The molecule has 0 saturated heterocycles. The van der Waals surface area contributed by atoms with Crippen LogP contribution >= 0.6 is 0 Å². The lowest BCUT2D eigenvalue weighted by molar-refractivity contribution is -0.0993. The van der Waals surface area contributed by atoms with Crippen LogP contribution in [0.2, 0.25) is 36.3 Å². The Morgan fingerprint density at radius 2 is 1.51 bits per heavy atom. The number of hydrogen-bond donors (Lipinski definition) is 0. The molecule has 6 nitrogen and oxygen atoms in total. The third kappa shape index (κ3) is 5.56. The zero-order chi connectivity index (χ0) is 30.7. The summed E-state index contributed by atoms with van der Waals surface area (Å²) in [5.41, 5.74) is 4.47. The zero-order valence-corrected chi connectivity index (χ0v) is 29.3. The Balaban J connectivity index is 1.97. The number of furan rings is 1. The number of fused-ring (bicyclic) bond motifs is 4. The van der Waals surface area contributed by atoms with Gasteiger partial charge >= 0.3 is 0 Å². The van der Waals surface area contributed by atoms with Crippen molar-refractivity contribution in [1.29, 1.82) is 0 Å². The molecule has 0 spiro atoms. The molecule has 0 unspecified atom stereocenters. The van der Waals surface area contributed by atoms with Crippen LogP contribution in [0.25, 0.3) is 27.5 Å². The Morgan fingerprint density at radius 3 is 2.07 bits per heavy atom. The van der Waals surface area contributed by atoms with Crippen LogP contribution in [0.5, 0.6) is 5.75 Å². The van der Waals surface area contributed by atoms with Crippen LogP contribution in [0, 0.1) is 6.92 Å². The van der Waals surface area contributed by atoms with E-state index in [9.17, 15) is 4.79 Å². The molecule has 0 radical (unpaired) electrons. The molecule has 4 rings (SSSR count). The first kappa shape index (κ1) is 31.5. The maximum absolute atomic E-state index is 13.5. The van der Waals surface area contributed by atoms with Crippen molar-refractivity contribution in [2.24, 2.45) is 0 Å². The number of benzene rings is 2. The van der Waals surface area contributed by atoms with Gasteiger partial charge in [0.15, 0.2) is 23.4 Å². The highest BCUT2D eigenvalue weighted by Gasteiger charge is 2.42. The highest BCUT2D eigenvalue weighted by atomic mass is 28.4. The molecular formula is C33H48O6Si2. The van der Waals surface area contributed by atoms with E-state index in [1.807, 2.05) is 0 Å². The third-order valence-corrected chi connectivity index (χ3v) is 18.3. The molecule has 0 bridgehead atoms. The highest BCUT2D eigenvalue weighted by molar-refractivity contribution is 6.75. The maximum Gasteiger partial charge on any atom is 0.250 e. The van der Waals surface area contributed by atoms with Crippen molar-refractivity contribution in [3.8, 4) is 5.75 Å². The second-order valence-electron chi connectivity index (χ2n) is 14.3. The van der Waals surface area contributed by atoms with E-state index in [4.69, 9.17) is 22.7 Å². The largest absolute Gasteiger partial charge is 0.543 e. The number of ketones is 1. The van der Waals surface area contributed by atoms with E-state index in [2.05, 4.69) is 92.9 Å². The van der Waals surface area contributed by atoms with Crippen LogP contribution in [0.3, 0.4) is 0 Å². The van der Waals surface area contributed by atoms with Crippen molar-refractivity contribution in [3.05, 3.63) is 46.7 Å². The smallest absolute Gasteiger partial charge is 0.250 e.